The van der Waals surface area contributed by atoms with Crippen LogP contribution in [0.4, 0.5) is 0 Å². The van der Waals surface area contributed by atoms with Crippen molar-refractivity contribution in [3.63, 3.8) is 0 Å². The Labute approximate surface area is 259 Å². The summed E-state index contributed by atoms with van der Waals surface area (Å²) in [7, 11) is -3.78. The van der Waals surface area contributed by atoms with Gasteiger partial charge in [0.05, 0.1) is 12.8 Å². The van der Waals surface area contributed by atoms with Gasteiger partial charge >= 0.3 is 0 Å². The molecular formula is C35H47BrOP2Si. The number of rotatable bonds is 11. The minimum atomic E-state index is -1.90. The van der Waals surface area contributed by atoms with E-state index < -0.39 is 15.6 Å². The number of benzene rings is 4. The van der Waals surface area contributed by atoms with E-state index >= 15 is 0 Å². The first-order valence-electron chi connectivity index (χ1n) is 14.1. The average Bonchev–Trinajstić information content (AvgIpc) is 2.94. The molecule has 40 heavy (non-hydrogen) atoms. The topological polar surface area (TPSA) is 9.23 Å². The molecule has 0 saturated heterocycles. The van der Waals surface area contributed by atoms with E-state index in [1.165, 1.54) is 27.0 Å². The highest BCUT2D eigenvalue weighted by Crippen LogP contribution is 2.58. The zero-order chi connectivity index (χ0) is 27.2. The molecule has 0 aliphatic rings. The van der Waals surface area contributed by atoms with E-state index in [0.29, 0.717) is 23.2 Å². The molecule has 0 aromatic heterocycles. The predicted octanol–water partition coefficient (Wildman–Crippen LogP) is 5.93. The van der Waals surface area contributed by atoms with Crippen molar-refractivity contribution in [1.29, 1.82) is 0 Å². The first-order chi connectivity index (χ1) is 18.3. The molecule has 4 aromatic carbocycles. The van der Waals surface area contributed by atoms with Crippen molar-refractivity contribution in [2.24, 2.45) is 0 Å². The molecule has 1 nitrogen and oxygen atoms in total. The normalized spacial score (nSPS) is 11.8. The molecule has 4 rings (SSSR count). The fraction of sp³-hybridized carbons (Fsp3) is 0.314. The second-order valence-electron chi connectivity index (χ2n) is 11.4. The van der Waals surface area contributed by atoms with Crippen LogP contribution in [0, 0.1) is 0 Å². The zero-order valence-electron chi connectivity index (χ0n) is 25.1. The molecule has 4 aromatic rings. The Morgan fingerprint density at radius 3 is 1.18 bits per heavy atom. The van der Waals surface area contributed by atoms with Crippen LogP contribution in [0.5, 0.6) is 0 Å². The molecule has 0 N–H and O–H groups in total. The largest absolute Gasteiger partial charge is 1.00 e. The van der Waals surface area contributed by atoms with Gasteiger partial charge in [-0.25, -0.2) is 0 Å². The molecule has 1 atom stereocenters. The molecule has 0 radical (unpaired) electrons. The van der Waals surface area contributed by atoms with Crippen molar-refractivity contribution < 1.29 is 21.4 Å². The summed E-state index contributed by atoms with van der Waals surface area (Å²) in [5, 5.41) is 4.27. The lowest BCUT2D eigenvalue weighted by molar-refractivity contribution is -0.00000855. The lowest BCUT2D eigenvalue weighted by atomic mass is 10.2. The maximum absolute atomic E-state index is 6.89. The minimum absolute atomic E-state index is 0. The van der Waals surface area contributed by atoms with Crippen LogP contribution in [-0.2, 0) is 17.2 Å². The molecule has 0 heterocycles. The SMILES string of the molecule is CC(C)[Si](OCc1ccc(C[P+](c2ccccc2)(c2ccccc2)c2ccccc2)cc1)(C(C)C)C(C)C.P.[Br-]. The van der Waals surface area contributed by atoms with E-state index in [-0.39, 0.29) is 26.9 Å². The summed E-state index contributed by atoms with van der Waals surface area (Å²) >= 11 is 0. The van der Waals surface area contributed by atoms with Gasteiger partial charge in [0.2, 0.25) is 8.32 Å². The van der Waals surface area contributed by atoms with Crippen LogP contribution in [0.3, 0.4) is 0 Å². The monoisotopic (exact) mass is 652 g/mol. The summed E-state index contributed by atoms with van der Waals surface area (Å²) in [5.74, 6) is 0. The Morgan fingerprint density at radius 2 is 0.850 bits per heavy atom. The first-order valence-corrected chi connectivity index (χ1v) is 18.2. The number of hydrogen-bond donors (Lipinski definition) is 0. The standard InChI is InChI=1S/C35H44OPSi.BrH.H3P/c1-28(2)38(29(3)4,30(5)6)36-26-31-22-24-32(25-23-31)27-37(33-16-10-7-11-17-33,34-18-12-8-13-19-34)35-20-14-9-15-21-35;;/h7-25,28-30H,26-27H2,1-6H3;1H;1H3/q+1;;/p-1. The molecular weight excluding hydrogens is 606 g/mol. The van der Waals surface area contributed by atoms with Gasteiger partial charge in [-0.15, -0.1) is 0 Å². The van der Waals surface area contributed by atoms with Gasteiger partial charge < -0.3 is 21.4 Å². The van der Waals surface area contributed by atoms with E-state index in [1.807, 2.05) is 0 Å². The van der Waals surface area contributed by atoms with Crippen molar-refractivity contribution in [2.45, 2.75) is 70.9 Å². The molecule has 214 valence electrons. The van der Waals surface area contributed by atoms with Crippen molar-refractivity contribution in [3.05, 3.63) is 126 Å². The first kappa shape index (κ1) is 34.6. The molecule has 0 saturated carbocycles. The van der Waals surface area contributed by atoms with E-state index in [2.05, 4.69) is 157 Å². The fourth-order valence-electron chi connectivity index (χ4n) is 6.49. The lowest BCUT2D eigenvalue weighted by Crippen LogP contribution is -3.00. The Morgan fingerprint density at radius 1 is 0.525 bits per heavy atom. The summed E-state index contributed by atoms with van der Waals surface area (Å²) in [5.41, 5.74) is 4.42. The Bertz CT molecular complexity index is 1140. The molecule has 1 unspecified atom stereocenters. The van der Waals surface area contributed by atoms with Crippen molar-refractivity contribution in [3.8, 4) is 0 Å². The van der Waals surface area contributed by atoms with E-state index in [1.54, 1.807) is 0 Å². The van der Waals surface area contributed by atoms with Gasteiger partial charge in [0.15, 0.2) is 0 Å². The second-order valence-corrected chi connectivity index (χ2v) is 20.3. The van der Waals surface area contributed by atoms with Crippen LogP contribution in [0.1, 0.15) is 52.7 Å². The van der Waals surface area contributed by atoms with Crippen LogP contribution in [0.2, 0.25) is 16.6 Å². The Hall–Kier alpha value is -1.60. The summed E-state index contributed by atoms with van der Waals surface area (Å²) < 4.78 is 6.89. The van der Waals surface area contributed by atoms with Gasteiger partial charge in [0.25, 0.3) is 0 Å². The van der Waals surface area contributed by atoms with E-state index in [0.717, 1.165) is 6.16 Å². The molecule has 0 aliphatic heterocycles. The molecule has 0 bridgehead atoms. The van der Waals surface area contributed by atoms with E-state index in [4.69, 9.17) is 4.43 Å². The highest BCUT2D eigenvalue weighted by atomic mass is 79.9. The molecule has 0 fully saturated rings. The second kappa shape index (κ2) is 15.6. The van der Waals surface area contributed by atoms with Crippen molar-refractivity contribution in [2.75, 3.05) is 0 Å². The summed E-state index contributed by atoms with van der Waals surface area (Å²) in [6, 6.07) is 42.7. The maximum Gasteiger partial charge on any atom is 0.200 e. The summed E-state index contributed by atoms with van der Waals surface area (Å²) in [6.45, 7) is 14.8. The smallest absolute Gasteiger partial charge is 0.200 e. The number of hydrogen-bond acceptors (Lipinski definition) is 1. The van der Waals surface area contributed by atoms with Gasteiger partial charge in [0, 0.05) is 0 Å². The third-order valence-electron chi connectivity index (χ3n) is 8.23. The van der Waals surface area contributed by atoms with Gasteiger partial charge in [-0.05, 0) is 64.1 Å². The quantitative estimate of drug-likeness (QED) is 0.144. The van der Waals surface area contributed by atoms with Crippen LogP contribution >= 0.6 is 17.2 Å². The summed E-state index contributed by atoms with van der Waals surface area (Å²) in [6.07, 6.45) is 0.995. The summed E-state index contributed by atoms with van der Waals surface area (Å²) in [4.78, 5) is 0. The number of halogens is 1. The molecule has 0 amide bonds. The van der Waals surface area contributed by atoms with Crippen molar-refractivity contribution >= 4 is 41.4 Å². The highest BCUT2D eigenvalue weighted by molar-refractivity contribution is 7.95. The van der Waals surface area contributed by atoms with Crippen LogP contribution in [0.15, 0.2) is 115 Å². The molecule has 5 heteroatoms. The average molecular weight is 654 g/mol. The lowest BCUT2D eigenvalue weighted by Gasteiger charge is -2.42. The zero-order valence-corrected chi connectivity index (χ0v) is 30.0. The van der Waals surface area contributed by atoms with Crippen LogP contribution in [0.25, 0.3) is 0 Å². The minimum Gasteiger partial charge on any atom is -1.00 e. The van der Waals surface area contributed by atoms with Crippen molar-refractivity contribution in [1.82, 2.24) is 0 Å². The molecule has 0 aliphatic carbocycles. The third-order valence-corrected chi connectivity index (χ3v) is 18.7. The molecule has 0 spiro atoms. The Kier molecular flexibility index (Phi) is 13.5. The van der Waals surface area contributed by atoms with Gasteiger partial charge in [-0.3, -0.25) is 0 Å². The van der Waals surface area contributed by atoms with Crippen LogP contribution < -0.4 is 32.9 Å². The van der Waals surface area contributed by atoms with Gasteiger partial charge in [0.1, 0.15) is 23.2 Å². The Balaban J connectivity index is 0.00000280. The maximum atomic E-state index is 6.89. The predicted molar refractivity (Wildman–Crippen MR) is 182 cm³/mol. The van der Waals surface area contributed by atoms with Gasteiger partial charge in [-0.1, -0.05) is 120 Å². The highest BCUT2D eigenvalue weighted by Gasteiger charge is 2.46. The third kappa shape index (κ3) is 7.23. The van der Waals surface area contributed by atoms with Gasteiger partial charge in [-0.2, -0.15) is 9.90 Å². The van der Waals surface area contributed by atoms with Crippen LogP contribution in [-0.4, -0.2) is 8.32 Å². The van der Waals surface area contributed by atoms with E-state index in [9.17, 15) is 0 Å². The fourth-order valence-corrected chi connectivity index (χ4v) is 16.2.